The van der Waals surface area contributed by atoms with Crippen molar-refractivity contribution in [2.45, 2.75) is 27.7 Å². The molecular formula is C25H24N2O4. The number of ether oxygens (including phenoxy) is 1. The molecule has 0 aliphatic rings. The average Bonchev–Trinajstić information content (AvgIpc) is 3.11. The van der Waals surface area contributed by atoms with Crippen LogP contribution < -0.4 is 10.1 Å². The second kappa shape index (κ2) is 8.14. The number of phenols is 1. The number of rotatable bonds is 5. The SMILES string of the molecule is Cc1ccc(OCC(=O)Nc2ccc(-c3nc4cc(C)cc(C)c4o3)c(O)c2)c(C)c1. The quantitative estimate of drug-likeness (QED) is 0.452. The Hall–Kier alpha value is -3.80. The Kier molecular flexibility index (Phi) is 5.38. The van der Waals surface area contributed by atoms with E-state index in [0.717, 1.165) is 27.8 Å². The minimum Gasteiger partial charge on any atom is -0.507 e. The molecule has 6 nitrogen and oxygen atoms in total. The Morgan fingerprint density at radius 1 is 1.00 bits per heavy atom. The minimum atomic E-state index is -0.319. The van der Waals surface area contributed by atoms with Crippen molar-refractivity contribution in [3.63, 3.8) is 0 Å². The normalized spacial score (nSPS) is 11.0. The van der Waals surface area contributed by atoms with Gasteiger partial charge in [-0.3, -0.25) is 4.79 Å². The highest BCUT2D eigenvalue weighted by molar-refractivity contribution is 5.92. The van der Waals surface area contributed by atoms with Crippen LogP contribution in [0.25, 0.3) is 22.6 Å². The molecule has 2 N–H and O–H groups in total. The molecule has 0 aliphatic carbocycles. The van der Waals surface area contributed by atoms with Crippen LogP contribution in [0.4, 0.5) is 5.69 Å². The zero-order chi connectivity index (χ0) is 22.1. The van der Waals surface area contributed by atoms with Crippen LogP contribution in [0, 0.1) is 27.7 Å². The van der Waals surface area contributed by atoms with Crippen molar-refractivity contribution >= 4 is 22.7 Å². The lowest BCUT2D eigenvalue weighted by Gasteiger charge is -2.11. The molecule has 1 aromatic heterocycles. The van der Waals surface area contributed by atoms with Gasteiger partial charge >= 0.3 is 0 Å². The highest BCUT2D eigenvalue weighted by atomic mass is 16.5. The van der Waals surface area contributed by atoms with Crippen LogP contribution in [-0.4, -0.2) is 22.6 Å². The molecule has 3 aromatic carbocycles. The van der Waals surface area contributed by atoms with Crippen molar-refractivity contribution in [3.8, 4) is 23.0 Å². The lowest BCUT2D eigenvalue weighted by atomic mass is 10.1. The van der Waals surface area contributed by atoms with E-state index < -0.39 is 0 Å². The number of phenolic OH excluding ortho intramolecular Hbond substituents is 1. The summed E-state index contributed by atoms with van der Waals surface area (Å²) in [5.41, 5.74) is 6.54. The second-order valence-electron chi connectivity index (χ2n) is 7.79. The molecule has 0 spiro atoms. The van der Waals surface area contributed by atoms with Crippen molar-refractivity contribution in [2.75, 3.05) is 11.9 Å². The molecule has 1 heterocycles. The first kappa shape index (κ1) is 20.5. The second-order valence-corrected chi connectivity index (χ2v) is 7.79. The van der Waals surface area contributed by atoms with E-state index in [4.69, 9.17) is 9.15 Å². The third kappa shape index (κ3) is 4.38. The van der Waals surface area contributed by atoms with E-state index in [-0.39, 0.29) is 18.3 Å². The number of amides is 1. The van der Waals surface area contributed by atoms with Gasteiger partial charge < -0.3 is 19.6 Å². The Morgan fingerprint density at radius 3 is 2.52 bits per heavy atom. The van der Waals surface area contributed by atoms with Gasteiger partial charge in [0.1, 0.15) is 17.0 Å². The summed E-state index contributed by atoms with van der Waals surface area (Å²) in [4.78, 5) is 16.8. The van der Waals surface area contributed by atoms with E-state index >= 15 is 0 Å². The molecular weight excluding hydrogens is 392 g/mol. The maximum atomic E-state index is 12.3. The average molecular weight is 416 g/mol. The molecule has 0 unspecified atom stereocenters. The van der Waals surface area contributed by atoms with Gasteiger partial charge in [0.2, 0.25) is 5.89 Å². The Morgan fingerprint density at radius 2 is 1.77 bits per heavy atom. The fraction of sp³-hybridized carbons (Fsp3) is 0.200. The van der Waals surface area contributed by atoms with Crippen molar-refractivity contribution in [1.82, 2.24) is 4.98 Å². The monoisotopic (exact) mass is 416 g/mol. The van der Waals surface area contributed by atoms with Crippen LogP contribution in [0.1, 0.15) is 22.3 Å². The largest absolute Gasteiger partial charge is 0.507 e. The van der Waals surface area contributed by atoms with E-state index in [1.807, 2.05) is 58.0 Å². The predicted octanol–water partition coefficient (Wildman–Crippen LogP) is 5.45. The molecule has 0 saturated carbocycles. The van der Waals surface area contributed by atoms with Crippen LogP contribution in [0.3, 0.4) is 0 Å². The molecule has 4 rings (SSSR count). The van der Waals surface area contributed by atoms with Gasteiger partial charge in [-0.1, -0.05) is 23.8 Å². The summed E-state index contributed by atoms with van der Waals surface area (Å²) in [6.45, 7) is 7.77. The number of carbonyl (C=O) groups is 1. The van der Waals surface area contributed by atoms with Crippen molar-refractivity contribution in [3.05, 3.63) is 70.8 Å². The van der Waals surface area contributed by atoms with Crippen molar-refractivity contribution in [2.24, 2.45) is 0 Å². The smallest absolute Gasteiger partial charge is 0.262 e. The molecule has 0 atom stereocenters. The number of benzene rings is 3. The van der Waals surface area contributed by atoms with Gasteiger partial charge in [0, 0.05) is 11.8 Å². The van der Waals surface area contributed by atoms with Gasteiger partial charge in [0.15, 0.2) is 12.2 Å². The third-order valence-electron chi connectivity index (χ3n) is 5.02. The van der Waals surface area contributed by atoms with E-state index in [9.17, 15) is 9.90 Å². The molecule has 0 radical (unpaired) electrons. The fourth-order valence-electron chi connectivity index (χ4n) is 3.58. The Bertz CT molecular complexity index is 1290. The van der Waals surface area contributed by atoms with Gasteiger partial charge in [-0.2, -0.15) is 0 Å². The minimum absolute atomic E-state index is 0.0333. The first-order valence-electron chi connectivity index (χ1n) is 10.0. The first-order chi connectivity index (χ1) is 14.8. The number of hydrogen-bond acceptors (Lipinski definition) is 5. The summed E-state index contributed by atoms with van der Waals surface area (Å²) in [7, 11) is 0. The molecule has 1 amide bonds. The molecule has 158 valence electrons. The molecule has 31 heavy (non-hydrogen) atoms. The summed E-state index contributed by atoms with van der Waals surface area (Å²) in [6.07, 6.45) is 0. The number of aromatic nitrogens is 1. The molecule has 0 aliphatic heterocycles. The van der Waals surface area contributed by atoms with Crippen molar-refractivity contribution < 1.29 is 19.1 Å². The summed E-state index contributed by atoms with van der Waals surface area (Å²) < 4.78 is 11.5. The Labute approximate surface area is 180 Å². The zero-order valence-electron chi connectivity index (χ0n) is 17.9. The molecule has 0 fully saturated rings. The third-order valence-corrected chi connectivity index (χ3v) is 5.02. The van der Waals surface area contributed by atoms with Gasteiger partial charge in [0.25, 0.3) is 5.91 Å². The highest BCUT2D eigenvalue weighted by Gasteiger charge is 2.15. The van der Waals surface area contributed by atoms with Gasteiger partial charge in [-0.25, -0.2) is 4.98 Å². The predicted molar refractivity (Wildman–Crippen MR) is 121 cm³/mol. The number of oxazole rings is 1. The maximum absolute atomic E-state index is 12.3. The lowest BCUT2D eigenvalue weighted by molar-refractivity contribution is -0.118. The van der Waals surface area contributed by atoms with Crippen LogP contribution >= 0.6 is 0 Å². The van der Waals surface area contributed by atoms with E-state index in [1.54, 1.807) is 12.1 Å². The van der Waals surface area contributed by atoms with Gasteiger partial charge in [0.05, 0.1) is 5.56 Å². The number of aromatic hydroxyl groups is 1. The van der Waals surface area contributed by atoms with Gasteiger partial charge in [-0.05, 0) is 68.7 Å². The number of aryl methyl sites for hydroxylation is 4. The number of hydrogen-bond donors (Lipinski definition) is 2. The van der Waals surface area contributed by atoms with Crippen molar-refractivity contribution in [1.29, 1.82) is 0 Å². The molecule has 4 aromatic rings. The van der Waals surface area contributed by atoms with Crippen LogP contribution in [0.15, 0.2) is 52.9 Å². The first-order valence-corrected chi connectivity index (χ1v) is 10.0. The number of nitrogens with zero attached hydrogens (tertiary/aromatic N) is 1. The summed E-state index contributed by atoms with van der Waals surface area (Å²) >= 11 is 0. The topological polar surface area (TPSA) is 84.6 Å². The van der Waals surface area contributed by atoms with E-state index in [1.165, 1.54) is 6.07 Å². The zero-order valence-corrected chi connectivity index (χ0v) is 17.9. The number of anilines is 1. The van der Waals surface area contributed by atoms with E-state index in [2.05, 4.69) is 10.3 Å². The maximum Gasteiger partial charge on any atom is 0.262 e. The van der Waals surface area contributed by atoms with Gasteiger partial charge in [-0.15, -0.1) is 0 Å². The lowest BCUT2D eigenvalue weighted by Crippen LogP contribution is -2.20. The van der Waals surface area contributed by atoms with Crippen LogP contribution in [-0.2, 0) is 4.79 Å². The Balaban J connectivity index is 1.47. The molecule has 0 bridgehead atoms. The number of nitrogens with one attached hydrogen (secondary N) is 1. The molecule has 0 saturated heterocycles. The number of carbonyl (C=O) groups excluding carboxylic acids is 1. The van der Waals surface area contributed by atoms with Crippen LogP contribution in [0.5, 0.6) is 11.5 Å². The summed E-state index contributed by atoms with van der Waals surface area (Å²) in [5, 5.41) is 13.2. The fourth-order valence-corrected chi connectivity index (χ4v) is 3.58. The van der Waals surface area contributed by atoms with Crippen LogP contribution in [0.2, 0.25) is 0 Å². The molecule has 6 heteroatoms. The summed E-state index contributed by atoms with van der Waals surface area (Å²) in [5.74, 6) is 0.645. The standard InChI is InChI=1S/C25H24N2O4/c1-14-5-8-22(16(3)9-14)30-13-23(29)26-18-6-7-19(21(28)12-18)25-27-20-11-15(2)10-17(4)24(20)31-25/h5-12,28H,13H2,1-4H3,(H,26,29). The number of fused-ring (bicyclic) bond motifs is 1. The van der Waals surface area contributed by atoms with E-state index in [0.29, 0.717) is 28.5 Å². The summed E-state index contributed by atoms with van der Waals surface area (Å²) in [6, 6.07) is 14.6. The highest BCUT2D eigenvalue weighted by Crippen LogP contribution is 2.34.